The lowest BCUT2D eigenvalue weighted by Gasteiger charge is -2.20. The smallest absolute Gasteiger partial charge is 0.175 e. The highest BCUT2D eigenvalue weighted by molar-refractivity contribution is 7.90. The SMILES string of the molecule is Cc1nc2c(c(Nc3ccc(S(C)(=O)=O)cc3F)n1)CNCC2. The minimum absolute atomic E-state index is 0.0527. The van der Waals surface area contributed by atoms with Crippen LogP contribution in [0.3, 0.4) is 0 Å². The topological polar surface area (TPSA) is 84.0 Å². The summed E-state index contributed by atoms with van der Waals surface area (Å²) in [6.07, 6.45) is 1.84. The van der Waals surface area contributed by atoms with E-state index in [9.17, 15) is 12.8 Å². The fourth-order valence-electron chi connectivity index (χ4n) is 2.53. The summed E-state index contributed by atoms with van der Waals surface area (Å²) in [7, 11) is -3.44. The summed E-state index contributed by atoms with van der Waals surface area (Å²) in [5.41, 5.74) is 2.05. The van der Waals surface area contributed by atoms with Crippen molar-refractivity contribution < 1.29 is 12.8 Å². The van der Waals surface area contributed by atoms with Crippen molar-refractivity contribution in [3.8, 4) is 0 Å². The second-order valence-electron chi connectivity index (χ2n) is 5.51. The summed E-state index contributed by atoms with van der Waals surface area (Å²) in [5.74, 6) is 0.522. The molecule has 0 bridgehead atoms. The Kier molecular flexibility index (Phi) is 4.03. The second kappa shape index (κ2) is 5.86. The van der Waals surface area contributed by atoms with Gasteiger partial charge in [0.15, 0.2) is 9.84 Å². The number of aromatic nitrogens is 2. The van der Waals surface area contributed by atoms with E-state index in [1.54, 1.807) is 6.92 Å². The molecule has 1 aliphatic rings. The Morgan fingerprint density at radius 1 is 1.30 bits per heavy atom. The number of aryl methyl sites for hydroxylation is 1. The summed E-state index contributed by atoms with van der Waals surface area (Å²) < 4.78 is 37.2. The van der Waals surface area contributed by atoms with Gasteiger partial charge in [-0.15, -0.1) is 0 Å². The van der Waals surface area contributed by atoms with Gasteiger partial charge in [-0.05, 0) is 25.1 Å². The van der Waals surface area contributed by atoms with E-state index in [2.05, 4.69) is 20.6 Å². The zero-order valence-electron chi connectivity index (χ0n) is 12.9. The molecule has 0 unspecified atom stereocenters. The number of fused-ring (bicyclic) bond motifs is 1. The largest absolute Gasteiger partial charge is 0.337 e. The molecule has 0 radical (unpaired) electrons. The number of hydrogen-bond donors (Lipinski definition) is 2. The van der Waals surface area contributed by atoms with Crippen molar-refractivity contribution in [1.29, 1.82) is 0 Å². The lowest BCUT2D eigenvalue weighted by Crippen LogP contribution is -2.26. The molecule has 23 heavy (non-hydrogen) atoms. The third kappa shape index (κ3) is 3.32. The summed E-state index contributed by atoms with van der Waals surface area (Å²) in [6, 6.07) is 3.79. The highest BCUT2D eigenvalue weighted by atomic mass is 32.2. The Labute approximate surface area is 134 Å². The first-order valence-corrected chi connectivity index (χ1v) is 9.07. The minimum atomic E-state index is -3.44. The molecule has 0 atom stereocenters. The quantitative estimate of drug-likeness (QED) is 0.888. The Morgan fingerprint density at radius 2 is 2.09 bits per heavy atom. The fraction of sp³-hybridized carbons (Fsp3) is 0.333. The molecule has 0 fully saturated rings. The Bertz CT molecular complexity index is 868. The second-order valence-corrected chi connectivity index (χ2v) is 7.53. The number of hydrogen-bond acceptors (Lipinski definition) is 6. The van der Waals surface area contributed by atoms with Crippen LogP contribution in [-0.4, -0.2) is 31.2 Å². The summed E-state index contributed by atoms with van der Waals surface area (Å²) in [6.45, 7) is 3.25. The van der Waals surface area contributed by atoms with Crippen LogP contribution in [-0.2, 0) is 22.8 Å². The van der Waals surface area contributed by atoms with Crippen LogP contribution in [0.1, 0.15) is 17.1 Å². The van der Waals surface area contributed by atoms with E-state index in [-0.39, 0.29) is 10.6 Å². The zero-order chi connectivity index (χ0) is 16.6. The van der Waals surface area contributed by atoms with Gasteiger partial charge in [-0.3, -0.25) is 0 Å². The number of nitrogens with one attached hydrogen (secondary N) is 2. The molecular formula is C15H17FN4O2S. The van der Waals surface area contributed by atoms with Gasteiger partial charge in [0.1, 0.15) is 17.5 Å². The Hall–Kier alpha value is -2.06. The number of halogens is 1. The van der Waals surface area contributed by atoms with Gasteiger partial charge in [0.25, 0.3) is 0 Å². The van der Waals surface area contributed by atoms with E-state index in [0.717, 1.165) is 36.5 Å². The molecule has 3 rings (SSSR count). The van der Waals surface area contributed by atoms with Crippen LogP contribution in [0.4, 0.5) is 15.9 Å². The molecule has 1 aromatic carbocycles. The Morgan fingerprint density at radius 3 is 2.78 bits per heavy atom. The van der Waals surface area contributed by atoms with Crippen LogP contribution in [0.25, 0.3) is 0 Å². The van der Waals surface area contributed by atoms with Crippen LogP contribution < -0.4 is 10.6 Å². The maximum atomic E-state index is 14.2. The van der Waals surface area contributed by atoms with Crippen LogP contribution in [0, 0.1) is 12.7 Å². The van der Waals surface area contributed by atoms with Crippen molar-refractivity contribution in [1.82, 2.24) is 15.3 Å². The third-order valence-corrected chi connectivity index (χ3v) is 4.78. The summed E-state index contributed by atoms with van der Waals surface area (Å²) >= 11 is 0. The monoisotopic (exact) mass is 336 g/mol. The summed E-state index contributed by atoms with van der Waals surface area (Å²) in [4.78, 5) is 8.71. The van der Waals surface area contributed by atoms with E-state index < -0.39 is 15.7 Å². The van der Waals surface area contributed by atoms with Crippen molar-refractivity contribution in [2.75, 3.05) is 18.1 Å². The van der Waals surface area contributed by atoms with Gasteiger partial charge in [-0.2, -0.15) is 0 Å². The number of sulfone groups is 1. The normalized spacial score (nSPS) is 14.4. The van der Waals surface area contributed by atoms with Crippen LogP contribution in [0.2, 0.25) is 0 Å². The molecular weight excluding hydrogens is 319 g/mol. The lowest BCUT2D eigenvalue weighted by molar-refractivity contribution is 0.596. The molecule has 2 aromatic rings. The first-order chi connectivity index (χ1) is 10.8. The first-order valence-electron chi connectivity index (χ1n) is 7.18. The van der Waals surface area contributed by atoms with Crippen LogP contribution in [0.15, 0.2) is 23.1 Å². The van der Waals surface area contributed by atoms with Crippen LogP contribution >= 0.6 is 0 Å². The first kappa shape index (κ1) is 15.8. The lowest BCUT2D eigenvalue weighted by atomic mass is 10.1. The van der Waals surface area contributed by atoms with E-state index >= 15 is 0 Å². The average molecular weight is 336 g/mol. The van der Waals surface area contributed by atoms with E-state index in [4.69, 9.17) is 0 Å². The number of benzene rings is 1. The highest BCUT2D eigenvalue weighted by Crippen LogP contribution is 2.26. The highest BCUT2D eigenvalue weighted by Gasteiger charge is 2.18. The third-order valence-electron chi connectivity index (χ3n) is 3.67. The van der Waals surface area contributed by atoms with E-state index in [1.165, 1.54) is 12.1 Å². The van der Waals surface area contributed by atoms with Gasteiger partial charge in [0, 0.05) is 31.3 Å². The number of nitrogens with zero attached hydrogens (tertiary/aromatic N) is 2. The van der Waals surface area contributed by atoms with Gasteiger partial charge in [-0.25, -0.2) is 22.8 Å². The molecule has 8 heteroatoms. The molecule has 0 saturated carbocycles. The van der Waals surface area contributed by atoms with Crippen LogP contribution in [0.5, 0.6) is 0 Å². The van der Waals surface area contributed by atoms with Gasteiger partial charge in [0.05, 0.1) is 16.3 Å². The minimum Gasteiger partial charge on any atom is -0.337 e. The van der Waals surface area contributed by atoms with Crippen molar-refractivity contribution in [2.24, 2.45) is 0 Å². The fourth-order valence-corrected chi connectivity index (χ4v) is 3.16. The van der Waals surface area contributed by atoms with Crippen molar-refractivity contribution in [3.05, 3.63) is 41.1 Å². The predicted molar refractivity (Wildman–Crippen MR) is 85.0 cm³/mol. The standard InChI is InChI=1S/C15H17FN4O2S/c1-9-18-13-5-6-17-8-11(13)15(19-9)20-14-4-3-10(7-12(14)16)23(2,21)22/h3-4,7,17H,5-6,8H2,1-2H3,(H,18,19,20). The Balaban J connectivity index is 1.98. The number of anilines is 2. The van der Waals surface area contributed by atoms with Gasteiger partial charge < -0.3 is 10.6 Å². The van der Waals surface area contributed by atoms with Crippen molar-refractivity contribution in [2.45, 2.75) is 24.8 Å². The van der Waals surface area contributed by atoms with E-state index in [0.29, 0.717) is 18.2 Å². The molecule has 0 spiro atoms. The maximum Gasteiger partial charge on any atom is 0.175 e. The van der Waals surface area contributed by atoms with Gasteiger partial charge >= 0.3 is 0 Å². The molecule has 2 N–H and O–H groups in total. The molecule has 6 nitrogen and oxygen atoms in total. The zero-order valence-corrected chi connectivity index (χ0v) is 13.7. The molecule has 122 valence electrons. The van der Waals surface area contributed by atoms with Gasteiger partial charge in [-0.1, -0.05) is 0 Å². The molecule has 0 amide bonds. The maximum absolute atomic E-state index is 14.2. The van der Waals surface area contributed by atoms with Gasteiger partial charge in [0.2, 0.25) is 0 Å². The molecule has 0 aliphatic carbocycles. The number of rotatable bonds is 3. The van der Waals surface area contributed by atoms with Crippen molar-refractivity contribution >= 4 is 21.3 Å². The van der Waals surface area contributed by atoms with Crippen molar-refractivity contribution in [3.63, 3.8) is 0 Å². The van der Waals surface area contributed by atoms with E-state index in [1.807, 2.05) is 0 Å². The summed E-state index contributed by atoms with van der Waals surface area (Å²) in [5, 5.41) is 6.20. The molecule has 1 aromatic heterocycles. The predicted octanol–water partition coefficient (Wildman–Crippen LogP) is 1.72. The molecule has 0 saturated heterocycles. The molecule has 2 heterocycles. The average Bonchev–Trinajstić information content (AvgIpc) is 2.48. The molecule has 1 aliphatic heterocycles.